The number of nitrogens with one attached hydrogen (secondary N) is 2. The summed E-state index contributed by atoms with van der Waals surface area (Å²) >= 11 is 0. The lowest BCUT2D eigenvalue weighted by Crippen LogP contribution is -2.50. The molecule has 1 aliphatic rings. The molecule has 0 radical (unpaired) electrons. The Hall–Kier alpha value is -0.650. The smallest absolute Gasteiger partial charge is 0.220 e. The van der Waals surface area contributed by atoms with E-state index in [1.54, 1.807) is 0 Å². The van der Waals surface area contributed by atoms with Crippen molar-refractivity contribution < 1.29 is 4.79 Å². The van der Waals surface area contributed by atoms with Crippen molar-refractivity contribution in [2.24, 2.45) is 5.92 Å². The molecule has 5 nitrogen and oxygen atoms in total. The average molecular weight is 298 g/mol. The predicted molar refractivity (Wildman–Crippen MR) is 88.5 cm³/mol. The first-order valence-electron chi connectivity index (χ1n) is 8.42. The van der Waals surface area contributed by atoms with Crippen LogP contribution in [-0.4, -0.2) is 74.1 Å². The van der Waals surface area contributed by atoms with Gasteiger partial charge in [-0.2, -0.15) is 0 Å². The fraction of sp³-hybridized carbons (Fsp3) is 0.938. The van der Waals surface area contributed by atoms with Crippen molar-refractivity contribution in [3.8, 4) is 0 Å². The molecule has 1 saturated heterocycles. The minimum atomic E-state index is 0.184. The zero-order valence-corrected chi connectivity index (χ0v) is 14.3. The second-order valence-electron chi connectivity index (χ2n) is 6.74. The first-order chi connectivity index (χ1) is 9.97. The highest BCUT2D eigenvalue weighted by Gasteiger charge is 2.16. The highest BCUT2D eigenvalue weighted by molar-refractivity contribution is 5.75. The van der Waals surface area contributed by atoms with Crippen molar-refractivity contribution in [1.29, 1.82) is 0 Å². The molecule has 2 N–H and O–H groups in total. The molecule has 21 heavy (non-hydrogen) atoms. The lowest BCUT2D eigenvalue weighted by Gasteiger charge is -2.34. The molecule has 0 bridgehead atoms. The Morgan fingerprint density at radius 2 is 1.48 bits per heavy atom. The van der Waals surface area contributed by atoms with Crippen LogP contribution in [-0.2, 0) is 4.79 Å². The minimum absolute atomic E-state index is 0.184. The van der Waals surface area contributed by atoms with Crippen LogP contribution in [0.5, 0.6) is 0 Å². The molecule has 1 fully saturated rings. The van der Waals surface area contributed by atoms with Crippen LogP contribution in [0, 0.1) is 5.92 Å². The third kappa shape index (κ3) is 9.06. The van der Waals surface area contributed by atoms with Gasteiger partial charge in [-0.1, -0.05) is 27.7 Å². The summed E-state index contributed by atoms with van der Waals surface area (Å²) in [6, 6.07) is 0.570. The Labute approximate surface area is 130 Å². The summed E-state index contributed by atoms with van der Waals surface area (Å²) in [6.45, 7) is 17.0. The highest BCUT2D eigenvalue weighted by Crippen LogP contribution is 2.01. The lowest BCUT2D eigenvalue weighted by molar-refractivity contribution is -0.121. The van der Waals surface area contributed by atoms with E-state index in [1.165, 1.54) is 0 Å². The summed E-state index contributed by atoms with van der Waals surface area (Å²) in [4.78, 5) is 16.5. The molecule has 1 heterocycles. The van der Waals surface area contributed by atoms with Crippen LogP contribution >= 0.6 is 0 Å². The summed E-state index contributed by atoms with van der Waals surface area (Å²) in [5.74, 6) is 0.622. The Bertz CT molecular complexity index is 286. The van der Waals surface area contributed by atoms with Gasteiger partial charge in [0.25, 0.3) is 0 Å². The molecule has 0 aromatic carbocycles. The van der Waals surface area contributed by atoms with Gasteiger partial charge in [-0.15, -0.1) is 0 Å². The fourth-order valence-corrected chi connectivity index (χ4v) is 2.54. The Morgan fingerprint density at radius 3 is 1.95 bits per heavy atom. The Morgan fingerprint density at radius 1 is 0.952 bits per heavy atom. The molecule has 0 atom stereocenters. The largest absolute Gasteiger partial charge is 0.355 e. The zero-order chi connectivity index (χ0) is 15.7. The lowest BCUT2D eigenvalue weighted by atomic mass is 10.1. The van der Waals surface area contributed by atoms with Gasteiger partial charge in [0.05, 0.1) is 0 Å². The molecule has 5 heteroatoms. The van der Waals surface area contributed by atoms with E-state index in [1.807, 2.05) is 0 Å². The number of hydrogen-bond acceptors (Lipinski definition) is 4. The number of amides is 1. The number of hydrogen-bond donors (Lipinski definition) is 2. The van der Waals surface area contributed by atoms with Crippen molar-refractivity contribution in [1.82, 2.24) is 20.4 Å². The molecule has 0 saturated carbocycles. The van der Waals surface area contributed by atoms with Crippen molar-refractivity contribution in [2.75, 3.05) is 52.4 Å². The van der Waals surface area contributed by atoms with Crippen LogP contribution in [0.25, 0.3) is 0 Å². The minimum Gasteiger partial charge on any atom is -0.355 e. The third-order valence-corrected chi connectivity index (χ3v) is 3.79. The van der Waals surface area contributed by atoms with Gasteiger partial charge in [0.15, 0.2) is 0 Å². The molecule has 0 aromatic rings. The Kier molecular flexibility index (Phi) is 8.88. The van der Waals surface area contributed by atoms with E-state index in [-0.39, 0.29) is 5.91 Å². The summed E-state index contributed by atoms with van der Waals surface area (Å²) in [5.41, 5.74) is 0. The van der Waals surface area contributed by atoms with E-state index in [9.17, 15) is 4.79 Å². The van der Waals surface area contributed by atoms with E-state index in [2.05, 4.69) is 48.1 Å². The van der Waals surface area contributed by atoms with Crippen molar-refractivity contribution >= 4 is 5.91 Å². The van der Waals surface area contributed by atoms with E-state index in [0.717, 1.165) is 52.4 Å². The molecule has 124 valence electrons. The van der Waals surface area contributed by atoms with E-state index >= 15 is 0 Å². The predicted octanol–water partition coefficient (Wildman–Crippen LogP) is 0.764. The third-order valence-electron chi connectivity index (χ3n) is 3.79. The first kappa shape index (κ1) is 18.4. The molecule has 0 spiro atoms. The molecule has 0 unspecified atom stereocenters. The van der Waals surface area contributed by atoms with E-state index in [4.69, 9.17) is 0 Å². The van der Waals surface area contributed by atoms with Crippen LogP contribution < -0.4 is 10.6 Å². The second-order valence-corrected chi connectivity index (χ2v) is 6.74. The standard InChI is InChI=1S/C16H34N4O/c1-14(2)13-16(21)18-6-8-20-11-9-19(10-12-20)7-5-17-15(3)4/h14-15,17H,5-13H2,1-4H3,(H,18,21). The van der Waals surface area contributed by atoms with Crippen molar-refractivity contribution in [2.45, 2.75) is 40.2 Å². The number of rotatable bonds is 9. The second kappa shape index (κ2) is 10.1. The molecular weight excluding hydrogens is 264 g/mol. The maximum atomic E-state index is 11.6. The van der Waals surface area contributed by atoms with Crippen LogP contribution in [0.4, 0.5) is 0 Å². The normalized spacial score (nSPS) is 17.6. The molecular formula is C16H34N4O. The number of piperazine rings is 1. The van der Waals surface area contributed by atoms with Gasteiger partial charge < -0.3 is 10.6 Å². The zero-order valence-electron chi connectivity index (χ0n) is 14.3. The van der Waals surface area contributed by atoms with E-state index < -0.39 is 0 Å². The molecule has 1 amide bonds. The van der Waals surface area contributed by atoms with Crippen LogP contribution in [0.3, 0.4) is 0 Å². The molecule has 0 aliphatic carbocycles. The topological polar surface area (TPSA) is 47.6 Å². The van der Waals surface area contributed by atoms with Gasteiger partial charge in [-0.3, -0.25) is 14.6 Å². The summed E-state index contributed by atoms with van der Waals surface area (Å²) < 4.78 is 0. The summed E-state index contributed by atoms with van der Waals surface area (Å²) in [6.07, 6.45) is 0.636. The van der Waals surface area contributed by atoms with Crippen LogP contribution in [0.1, 0.15) is 34.1 Å². The Balaban J connectivity index is 2.04. The average Bonchev–Trinajstić information content (AvgIpc) is 2.39. The highest BCUT2D eigenvalue weighted by atomic mass is 16.1. The SMILES string of the molecule is CC(C)CC(=O)NCCN1CCN(CCNC(C)C)CC1. The van der Waals surface area contributed by atoms with Gasteiger partial charge in [0, 0.05) is 64.8 Å². The first-order valence-corrected chi connectivity index (χ1v) is 8.42. The number of nitrogens with zero attached hydrogens (tertiary/aromatic N) is 2. The summed E-state index contributed by atoms with van der Waals surface area (Å²) in [5, 5.41) is 6.48. The molecule has 1 rings (SSSR count). The number of carbonyl (C=O) groups is 1. The van der Waals surface area contributed by atoms with Gasteiger partial charge >= 0.3 is 0 Å². The summed E-state index contributed by atoms with van der Waals surface area (Å²) in [7, 11) is 0. The maximum absolute atomic E-state index is 11.6. The van der Waals surface area contributed by atoms with Gasteiger partial charge in [-0.25, -0.2) is 0 Å². The number of carbonyl (C=O) groups excluding carboxylic acids is 1. The van der Waals surface area contributed by atoms with Gasteiger partial charge in [0.2, 0.25) is 5.91 Å². The fourth-order valence-electron chi connectivity index (χ4n) is 2.54. The monoisotopic (exact) mass is 298 g/mol. The van der Waals surface area contributed by atoms with Crippen molar-refractivity contribution in [3.05, 3.63) is 0 Å². The molecule has 0 aromatic heterocycles. The van der Waals surface area contributed by atoms with Gasteiger partial charge in [0.1, 0.15) is 0 Å². The maximum Gasteiger partial charge on any atom is 0.220 e. The van der Waals surface area contributed by atoms with Crippen LogP contribution in [0.2, 0.25) is 0 Å². The quantitative estimate of drug-likeness (QED) is 0.660. The molecule has 1 aliphatic heterocycles. The van der Waals surface area contributed by atoms with Crippen LogP contribution in [0.15, 0.2) is 0 Å². The van der Waals surface area contributed by atoms with Crippen molar-refractivity contribution in [3.63, 3.8) is 0 Å². The van der Waals surface area contributed by atoms with E-state index in [0.29, 0.717) is 18.4 Å². The van der Waals surface area contributed by atoms with Gasteiger partial charge in [-0.05, 0) is 5.92 Å².